The summed E-state index contributed by atoms with van der Waals surface area (Å²) in [5.74, 6) is 1.91. The van der Waals surface area contributed by atoms with Crippen molar-refractivity contribution < 1.29 is 0 Å². The lowest BCUT2D eigenvalue weighted by molar-refractivity contribution is 0.394. The van der Waals surface area contributed by atoms with Gasteiger partial charge in [0.25, 0.3) is 0 Å². The molecule has 1 saturated heterocycles. The Morgan fingerprint density at radius 3 is 3.12 bits per heavy atom. The summed E-state index contributed by atoms with van der Waals surface area (Å²) in [6, 6.07) is 6.29. The molecule has 0 radical (unpaired) electrons. The molecule has 2 rings (SSSR count). The van der Waals surface area contributed by atoms with Crippen molar-refractivity contribution in [3.8, 4) is 0 Å². The Labute approximate surface area is 104 Å². The molecule has 1 unspecified atom stereocenters. The van der Waals surface area contributed by atoms with E-state index >= 15 is 0 Å². The molecule has 3 nitrogen and oxygen atoms in total. The molecule has 1 aromatic rings. The molecule has 0 saturated carbocycles. The maximum absolute atomic E-state index is 4.62. The zero-order valence-corrected chi connectivity index (χ0v) is 10.9. The Morgan fingerprint density at radius 1 is 1.47 bits per heavy atom. The summed E-state index contributed by atoms with van der Waals surface area (Å²) in [4.78, 5) is 7.05. The van der Waals surface area contributed by atoms with E-state index in [1.807, 2.05) is 0 Å². The molecule has 0 aliphatic carbocycles. The van der Waals surface area contributed by atoms with Gasteiger partial charge in [-0.1, -0.05) is 13.0 Å². The first-order chi connectivity index (χ1) is 8.29. The second kappa shape index (κ2) is 6.01. The monoisotopic (exact) mass is 233 g/mol. The Morgan fingerprint density at radius 2 is 2.35 bits per heavy atom. The number of hydrogen-bond acceptors (Lipinski definition) is 3. The largest absolute Gasteiger partial charge is 0.356 e. The van der Waals surface area contributed by atoms with E-state index in [0.717, 1.165) is 43.6 Å². The van der Waals surface area contributed by atoms with Crippen molar-refractivity contribution in [3.05, 3.63) is 23.9 Å². The third kappa shape index (κ3) is 3.43. The van der Waals surface area contributed by atoms with Gasteiger partial charge in [0.1, 0.15) is 5.82 Å². The topological polar surface area (TPSA) is 28.2 Å². The van der Waals surface area contributed by atoms with E-state index in [0.29, 0.717) is 0 Å². The number of rotatable bonds is 4. The van der Waals surface area contributed by atoms with Crippen LogP contribution in [0.1, 0.15) is 25.5 Å². The van der Waals surface area contributed by atoms with E-state index in [9.17, 15) is 0 Å². The van der Waals surface area contributed by atoms with Crippen molar-refractivity contribution in [1.29, 1.82) is 0 Å². The fraction of sp³-hybridized carbons (Fsp3) is 0.643. The van der Waals surface area contributed by atoms with Crippen molar-refractivity contribution in [2.75, 3.05) is 31.1 Å². The van der Waals surface area contributed by atoms with Gasteiger partial charge in [-0.3, -0.25) is 0 Å². The molecule has 94 valence electrons. The van der Waals surface area contributed by atoms with E-state index in [4.69, 9.17) is 0 Å². The van der Waals surface area contributed by atoms with Gasteiger partial charge in [0.15, 0.2) is 0 Å². The van der Waals surface area contributed by atoms with Gasteiger partial charge in [-0.15, -0.1) is 0 Å². The van der Waals surface area contributed by atoms with Crippen molar-refractivity contribution in [2.45, 2.75) is 26.7 Å². The Hall–Kier alpha value is -1.09. The zero-order chi connectivity index (χ0) is 12.1. The molecule has 3 heteroatoms. The van der Waals surface area contributed by atoms with Gasteiger partial charge in [0.2, 0.25) is 0 Å². The predicted octanol–water partition coefficient (Wildman–Crippen LogP) is 2.22. The highest BCUT2D eigenvalue weighted by atomic mass is 15.2. The first-order valence-electron chi connectivity index (χ1n) is 6.69. The minimum atomic E-state index is 0.769. The van der Waals surface area contributed by atoms with Crippen LogP contribution < -0.4 is 10.2 Å². The van der Waals surface area contributed by atoms with Crippen LogP contribution in [0.25, 0.3) is 0 Å². The molecule has 17 heavy (non-hydrogen) atoms. The maximum Gasteiger partial charge on any atom is 0.128 e. The van der Waals surface area contributed by atoms with Crippen molar-refractivity contribution >= 4 is 5.82 Å². The minimum Gasteiger partial charge on any atom is -0.356 e. The maximum atomic E-state index is 4.62. The van der Waals surface area contributed by atoms with E-state index in [1.54, 1.807) is 0 Å². The number of nitrogens with one attached hydrogen (secondary N) is 1. The van der Waals surface area contributed by atoms with Gasteiger partial charge in [0.05, 0.1) is 0 Å². The molecule has 2 heterocycles. The van der Waals surface area contributed by atoms with Crippen LogP contribution in [0.15, 0.2) is 18.2 Å². The fourth-order valence-electron chi connectivity index (χ4n) is 2.49. The Bertz CT molecular complexity index is 351. The minimum absolute atomic E-state index is 0.769. The molecule has 1 fully saturated rings. The van der Waals surface area contributed by atoms with Crippen LogP contribution in [0.5, 0.6) is 0 Å². The van der Waals surface area contributed by atoms with Crippen molar-refractivity contribution in [3.63, 3.8) is 0 Å². The lowest BCUT2D eigenvalue weighted by Gasteiger charge is -2.33. The molecule has 0 bridgehead atoms. The van der Waals surface area contributed by atoms with Gasteiger partial charge < -0.3 is 10.2 Å². The predicted molar refractivity (Wildman–Crippen MR) is 72.5 cm³/mol. The lowest BCUT2D eigenvalue weighted by Crippen LogP contribution is -2.40. The number of aryl methyl sites for hydroxylation is 1. The molecule has 1 aromatic heterocycles. The fourth-order valence-corrected chi connectivity index (χ4v) is 2.49. The first kappa shape index (κ1) is 12.4. The van der Waals surface area contributed by atoms with E-state index in [1.165, 1.54) is 12.8 Å². The standard InChI is InChI=1S/C14H23N3/c1-3-15-10-13-7-5-9-17(11-13)14-8-4-6-12(2)16-14/h4,6,8,13,15H,3,5,7,9-11H2,1-2H3. The quantitative estimate of drug-likeness (QED) is 0.864. The van der Waals surface area contributed by atoms with Crippen molar-refractivity contribution in [1.82, 2.24) is 10.3 Å². The van der Waals surface area contributed by atoms with Gasteiger partial charge in [-0.2, -0.15) is 0 Å². The SMILES string of the molecule is CCNCC1CCCN(c2cccc(C)n2)C1. The second-order valence-corrected chi connectivity index (χ2v) is 4.90. The molecule has 1 atom stereocenters. The van der Waals surface area contributed by atoms with E-state index in [2.05, 4.69) is 47.2 Å². The number of aromatic nitrogens is 1. The van der Waals surface area contributed by atoms with Crippen LogP contribution in [0.3, 0.4) is 0 Å². The van der Waals surface area contributed by atoms with E-state index in [-0.39, 0.29) is 0 Å². The summed E-state index contributed by atoms with van der Waals surface area (Å²) in [5.41, 5.74) is 1.11. The van der Waals surface area contributed by atoms with Crippen LogP contribution in [-0.4, -0.2) is 31.2 Å². The molecule has 1 aliphatic heterocycles. The molecule has 1 aliphatic rings. The van der Waals surface area contributed by atoms with Crippen LogP contribution in [0, 0.1) is 12.8 Å². The molecule has 0 aromatic carbocycles. The summed E-state index contributed by atoms with van der Waals surface area (Å²) in [6.45, 7) is 8.73. The first-order valence-corrected chi connectivity index (χ1v) is 6.69. The van der Waals surface area contributed by atoms with Crippen LogP contribution in [-0.2, 0) is 0 Å². The number of anilines is 1. The van der Waals surface area contributed by atoms with Crippen LogP contribution in [0.2, 0.25) is 0 Å². The third-order valence-electron chi connectivity index (χ3n) is 3.40. The van der Waals surface area contributed by atoms with Crippen molar-refractivity contribution in [2.24, 2.45) is 5.92 Å². The Balaban J connectivity index is 1.97. The Kier molecular flexibility index (Phi) is 4.37. The molecular formula is C14H23N3. The number of nitrogens with zero attached hydrogens (tertiary/aromatic N) is 2. The molecule has 1 N–H and O–H groups in total. The smallest absolute Gasteiger partial charge is 0.128 e. The lowest BCUT2D eigenvalue weighted by atomic mass is 9.98. The number of hydrogen-bond donors (Lipinski definition) is 1. The summed E-state index contributed by atoms with van der Waals surface area (Å²) in [7, 11) is 0. The van der Waals surface area contributed by atoms with Gasteiger partial charge in [-0.25, -0.2) is 4.98 Å². The summed E-state index contributed by atoms with van der Waals surface area (Å²) < 4.78 is 0. The highest BCUT2D eigenvalue weighted by Gasteiger charge is 2.20. The molecular weight excluding hydrogens is 210 g/mol. The highest BCUT2D eigenvalue weighted by molar-refractivity contribution is 5.39. The average molecular weight is 233 g/mol. The van der Waals surface area contributed by atoms with Gasteiger partial charge in [0, 0.05) is 18.8 Å². The highest BCUT2D eigenvalue weighted by Crippen LogP contribution is 2.21. The number of pyridine rings is 1. The average Bonchev–Trinajstić information content (AvgIpc) is 2.37. The summed E-state index contributed by atoms with van der Waals surface area (Å²) in [6.07, 6.45) is 2.63. The third-order valence-corrected chi connectivity index (χ3v) is 3.40. The van der Waals surface area contributed by atoms with Crippen LogP contribution >= 0.6 is 0 Å². The molecule has 0 spiro atoms. The number of piperidine rings is 1. The normalized spacial score (nSPS) is 20.6. The summed E-state index contributed by atoms with van der Waals surface area (Å²) in [5, 5.41) is 3.45. The molecule has 0 amide bonds. The van der Waals surface area contributed by atoms with Crippen LogP contribution in [0.4, 0.5) is 5.82 Å². The summed E-state index contributed by atoms with van der Waals surface area (Å²) >= 11 is 0. The zero-order valence-electron chi connectivity index (χ0n) is 10.9. The van der Waals surface area contributed by atoms with Gasteiger partial charge >= 0.3 is 0 Å². The second-order valence-electron chi connectivity index (χ2n) is 4.90. The van der Waals surface area contributed by atoms with Gasteiger partial charge in [-0.05, 0) is 50.9 Å². The van der Waals surface area contributed by atoms with E-state index < -0.39 is 0 Å².